The van der Waals surface area contributed by atoms with Crippen LogP contribution in [-0.2, 0) is 13.1 Å². The molecule has 32 heavy (non-hydrogen) atoms. The number of nitrogens with one attached hydrogen (secondary N) is 1. The number of fused-ring (bicyclic) bond motifs is 1. The monoisotopic (exact) mass is 430 g/mol. The van der Waals surface area contributed by atoms with Crippen molar-refractivity contribution in [2.45, 2.75) is 26.9 Å². The number of carbonyl (C=O) groups excluding carboxylic acids is 1. The highest BCUT2D eigenvalue weighted by atomic mass is 19.1. The zero-order chi connectivity index (χ0) is 22.7. The van der Waals surface area contributed by atoms with Gasteiger partial charge in [0.25, 0.3) is 5.91 Å². The van der Waals surface area contributed by atoms with Crippen LogP contribution in [0.15, 0.2) is 55.0 Å². The van der Waals surface area contributed by atoms with Gasteiger partial charge in [0.2, 0.25) is 0 Å². The maximum absolute atomic E-state index is 15.1. The first-order valence-corrected chi connectivity index (χ1v) is 10.2. The van der Waals surface area contributed by atoms with Gasteiger partial charge < -0.3 is 10.2 Å². The number of pyridine rings is 2. The van der Waals surface area contributed by atoms with Crippen molar-refractivity contribution in [3.05, 3.63) is 89.0 Å². The van der Waals surface area contributed by atoms with Crippen LogP contribution < -0.4 is 5.32 Å². The van der Waals surface area contributed by atoms with Gasteiger partial charge in [-0.15, -0.1) is 0 Å². The fourth-order valence-electron chi connectivity index (χ4n) is 3.54. The molecule has 0 bridgehead atoms. The Bertz CT molecular complexity index is 1280. The minimum absolute atomic E-state index is 0.0274. The van der Waals surface area contributed by atoms with E-state index in [1.165, 1.54) is 11.0 Å². The second kappa shape index (κ2) is 9.05. The molecular weight excluding hydrogens is 407 g/mol. The number of carbonyl (C=O) groups is 1. The van der Waals surface area contributed by atoms with E-state index in [4.69, 9.17) is 0 Å². The first-order chi connectivity index (χ1) is 15.5. The van der Waals surface area contributed by atoms with E-state index in [1.807, 2.05) is 32.0 Å². The Hall–Kier alpha value is -3.94. The molecule has 1 amide bonds. The van der Waals surface area contributed by atoms with Crippen LogP contribution in [0.5, 0.6) is 0 Å². The van der Waals surface area contributed by atoms with Crippen molar-refractivity contribution >= 4 is 22.6 Å². The van der Waals surface area contributed by atoms with Gasteiger partial charge in [0.05, 0.1) is 29.9 Å². The predicted octanol–water partition coefficient (Wildman–Crippen LogP) is 4.06. The lowest BCUT2D eigenvalue weighted by Crippen LogP contribution is -2.32. The molecule has 4 aromatic rings. The average Bonchev–Trinajstić information content (AvgIpc) is 2.79. The molecular formula is C24H23FN6O. The molecule has 0 saturated carbocycles. The van der Waals surface area contributed by atoms with Crippen LogP contribution in [0.25, 0.3) is 10.9 Å². The van der Waals surface area contributed by atoms with Crippen molar-refractivity contribution in [1.29, 1.82) is 0 Å². The van der Waals surface area contributed by atoms with Gasteiger partial charge in [0.1, 0.15) is 17.5 Å². The number of anilines is 1. The van der Waals surface area contributed by atoms with E-state index in [9.17, 15) is 4.79 Å². The Balaban J connectivity index is 1.74. The van der Waals surface area contributed by atoms with Gasteiger partial charge in [-0.1, -0.05) is 6.07 Å². The van der Waals surface area contributed by atoms with Crippen molar-refractivity contribution in [3.8, 4) is 0 Å². The fraction of sp³-hybridized carbons (Fsp3) is 0.208. The van der Waals surface area contributed by atoms with E-state index >= 15 is 4.39 Å². The number of nitrogens with zero attached hydrogens (tertiary/aromatic N) is 5. The van der Waals surface area contributed by atoms with Gasteiger partial charge in [-0.2, -0.15) is 0 Å². The zero-order valence-corrected chi connectivity index (χ0v) is 18.1. The summed E-state index contributed by atoms with van der Waals surface area (Å²) >= 11 is 0. The number of hydrogen-bond acceptors (Lipinski definition) is 6. The molecule has 8 heteroatoms. The molecule has 1 N–H and O–H groups in total. The highest BCUT2D eigenvalue weighted by Gasteiger charge is 2.23. The van der Waals surface area contributed by atoms with Gasteiger partial charge in [-0.3, -0.25) is 9.78 Å². The first kappa shape index (κ1) is 21.3. The van der Waals surface area contributed by atoms with E-state index in [2.05, 4.69) is 25.3 Å². The third-order valence-corrected chi connectivity index (χ3v) is 5.26. The molecule has 0 atom stereocenters. The van der Waals surface area contributed by atoms with E-state index in [-0.39, 0.29) is 18.7 Å². The van der Waals surface area contributed by atoms with Crippen LogP contribution in [0.3, 0.4) is 0 Å². The number of hydrogen-bond donors (Lipinski definition) is 1. The molecule has 162 valence electrons. The molecule has 0 aliphatic heterocycles. The van der Waals surface area contributed by atoms with E-state index in [1.54, 1.807) is 37.8 Å². The highest BCUT2D eigenvalue weighted by Crippen LogP contribution is 2.24. The summed E-state index contributed by atoms with van der Waals surface area (Å²) in [7, 11) is 1.76. The van der Waals surface area contributed by atoms with Crippen LogP contribution in [0.4, 0.5) is 10.2 Å². The van der Waals surface area contributed by atoms with Crippen molar-refractivity contribution in [2.24, 2.45) is 0 Å². The molecule has 0 aliphatic rings. The van der Waals surface area contributed by atoms with Gasteiger partial charge >= 0.3 is 0 Å². The summed E-state index contributed by atoms with van der Waals surface area (Å²) in [6, 6.07) is 10.2. The molecule has 0 fully saturated rings. The van der Waals surface area contributed by atoms with Crippen molar-refractivity contribution in [3.63, 3.8) is 0 Å². The van der Waals surface area contributed by atoms with Crippen molar-refractivity contribution in [2.75, 3.05) is 12.4 Å². The maximum atomic E-state index is 15.1. The molecule has 1 aromatic carbocycles. The number of halogens is 1. The molecule has 0 radical (unpaired) electrons. The zero-order valence-electron chi connectivity index (χ0n) is 18.1. The van der Waals surface area contributed by atoms with Crippen LogP contribution in [0.1, 0.15) is 33.0 Å². The van der Waals surface area contributed by atoms with Crippen LogP contribution in [-0.4, -0.2) is 37.8 Å². The van der Waals surface area contributed by atoms with Gasteiger partial charge in [0.15, 0.2) is 0 Å². The lowest BCUT2D eigenvalue weighted by Gasteiger charge is -2.23. The molecule has 4 rings (SSSR count). The molecule has 0 unspecified atom stereocenters. The Morgan fingerprint density at radius 1 is 1.00 bits per heavy atom. The Morgan fingerprint density at radius 3 is 2.47 bits per heavy atom. The lowest BCUT2D eigenvalue weighted by atomic mass is 10.1. The third kappa shape index (κ3) is 4.39. The van der Waals surface area contributed by atoms with E-state index < -0.39 is 11.7 Å². The maximum Gasteiger partial charge on any atom is 0.257 e. The van der Waals surface area contributed by atoms with Crippen molar-refractivity contribution in [1.82, 2.24) is 24.8 Å². The number of aryl methyl sites for hydroxylation is 2. The van der Waals surface area contributed by atoms with Gasteiger partial charge in [0, 0.05) is 37.1 Å². The minimum Gasteiger partial charge on any atom is -0.373 e. The average molecular weight is 430 g/mol. The number of benzene rings is 1. The topological polar surface area (TPSA) is 83.9 Å². The standard InChI is InChI=1S/C24H23FN6O/c1-15-6-4-7-27-21(15)13-31(14-22-28-8-5-9-29-22)24(32)18-11-17-10-16(2)23(26-3)30-20(17)12-19(18)25/h4-12H,13-14H2,1-3H3,(H,26,30). The Labute approximate surface area is 185 Å². The predicted molar refractivity (Wildman–Crippen MR) is 121 cm³/mol. The van der Waals surface area contributed by atoms with Crippen LogP contribution in [0.2, 0.25) is 0 Å². The molecule has 3 heterocycles. The quantitative estimate of drug-likeness (QED) is 0.497. The van der Waals surface area contributed by atoms with E-state index in [0.717, 1.165) is 16.8 Å². The SMILES string of the molecule is CNc1nc2cc(F)c(C(=O)N(Cc3ncccn3)Cc3ncccc3C)cc2cc1C. The lowest BCUT2D eigenvalue weighted by molar-refractivity contribution is 0.0718. The van der Waals surface area contributed by atoms with Crippen molar-refractivity contribution < 1.29 is 9.18 Å². The number of amides is 1. The minimum atomic E-state index is -0.627. The highest BCUT2D eigenvalue weighted by molar-refractivity contribution is 5.98. The number of rotatable bonds is 6. The summed E-state index contributed by atoms with van der Waals surface area (Å²) in [5.41, 5.74) is 3.03. The van der Waals surface area contributed by atoms with Crippen LogP contribution >= 0.6 is 0 Å². The smallest absolute Gasteiger partial charge is 0.257 e. The largest absolute Gasteiger partial charge is 0.373 e. The summed E-state index contributed by atoms with van der Waals surface area (Å²) < 4.78 is 15.1. The van der Waals surface area contributed by atoms with E-state index in [0.29, 0.717) is 22.5 Å². The van der Waals surface area contributed by atoms with Crippen LogP contribution in [0, 0.1) is 19.7 Å². The summed E-state index contributed by atoms with van der Waals surface area (Å²) in [5.74, 6) is 0.0474. The molecule has 0 aliphatic carbocycles. The normalized spacial score (nSPS) is 10.9. The third-order valence-electron chi connectivity index (χ3n) is 5.26. The summed E-state index contributed by atoms with van der Waals surface area (Å²) in [6.07, 6.45) is 4.90. The second-order valence-electron chi connectivity index (χ2n) is 7.52. The van der Waals surface area contributed by atoms with Gasteiger partial charge in [-0.25, -0.2) is 19.3 Å². The van der Waals surface area contributed by atoms with Gasteiger partial charge in [-0.05, 0) is 49.2 Å². The fourth-order valence-corrected chi connectivity index (χ4v) is 3.54. The Kier molecular flexibility index (Phi) is 6.02. The summed E-state index contributed by atoms with van der Waals surface area (Å²) in [4.78, 5) is 32.3. The molecule has 0 spiro atoms. The molecule has 0 saturated heterocycles. The summed E-state index contributed by atoms with van der Waals surface area (Å²) in [6.45, 7) is 4.17. The molecule has 7 nitrogen and oxygen atoms in total. The summed E-state index contributed by atoms with van der Waals surface area (Å²) in [5, 5.41) is 3.68. The second-order valence-corrected chi connectivity index (χ2v) is 7.52. The first-order valence-electron chi connectivity index (χ1n) is 10.2. The molecule has 3 aromatic heterocycles. The number of aromatic nitrogens is 4. The Morgan fingerprint density at radius 2 is 1.75 bits per heavy atom.